The molecule has 0 amide bonds. The summed E-state index contributed by atoms with van der Waals surface area (Å²) in [7, 11) is 0.411. The maximum atomic E-state index is 2.25. The molecule has 0 atom stereocenters. The van der Waals surface area contributed by atoms with Crippen LogP contribution in [0.4, 0.5) is 0 Å². The third-order valence-electron chi connectivity index (χ3n) is 1.80. The van der Waals surface area contributed by atoms with Crippen LogP contribution >= 0.6 is 0 Å². The number of benzene rings is 1. The molecule has 0 aliphatic rings. The molecule has 0 spiro atoms. The molecule has 0 saturated heterocycles. The summed E-state index contributed by atoms with van der Waals surface area (Å²) in [5, 5.41) is 0. The van der Waals surface area contributed by atoms with Crippen molar-refractivity contribution in [3.8, 4) is 0 Å². The van der Waals surface area contributed by atoms with Crippen LogP contribution in [0.5, 0.6) is 0 Å². The van der Waals surface area contributed by atoms with E-state index in [9.17, 15) is 0 Å². The Balaban J connectivity index is 0.00000121. The molecular formula is C11H19S+. The second-order valence-corrected chi connectivity index (χ2v) is 4.92. The van der Waals surface area contributed by atoms with Gasteiger partial charge in [-0.3, -0.25) is 0 Å². The van der Waals surface area contributed by atoms with Crippen molar-refractivity contribution < 1.29 is 0 Å². The molecule has 0 aromatic heterocycles. The molecule has 0 unspecified atom stereocenters. The molecule has 68 valence electrons. The Morgan fingerprint density at radius 2 is 1.58 bits per heavy atom. The SMILES string of the molecule is C.CCc1ccc([S+](C)C)cc1. The summed E-state index contributed by atoms with van der Waals surface area (Å²) >= 11 is 0. The predicted octanol–water partition coefficient (Wildman–Crippen LogP) is 3.12. The predicted molar refractivity (Wildman–Crippen MR) is 60.0 cm³/mol. The summed E-state index contributed by atoms with van der Waals surface area (Å²) in [6.07, 6.45) is 5.64. The van der Waals surface area contributed by atoms with E-state index >= 15 is 0 Å². The molecule has 0 fully saturated rings. The first-order valence-electron chi connectivity index (χ1n) is 3.90. The molecule has 1 rings (SSSR count). The van der Waals surface area contributed by atoms with Gasteiger partial charge in [0.1, 0.15) is 12.5 Å². The van der Waals surface area contributed by atoms with Crippen molar-refractivity contribution in [2.24, 2.45) is 0 Å². The van der Waals surface area contributed by atoms with E-state index in [-0.39, 0.29) is 7.43 Å². The van der Waals surface area contributed by atoms with Gasteiger partial charge >= 0.3 is 0 Å². The molecule has 1 aromatic carbocycles. The normalized spacial score (nSPS) is 9.67. The van der Waals surface area contributed by atoms with E-state index in [0.29, 0.717) is 10.9 Å². The smallest absolute Gasteiger partial charge is 0.0776 e. The molecule has 12 heavy (non-hydrogen) atoms. The van der Waals surface area contributed by atoms with Gasteiger partial charge in [0.25, 0.3) is 0 Å². The molecule has 0 N–H and O–H groups in total. The number of hydrogen-bond acceptors (Lipinski definition) is 0. The lowest BCUT2D eigenvalue weighted by atomic mass is 10.2. The maximum absolute atomic E-state index is 2.25. The number of hydrogen-bond donors (Lipinski definition) is 0. The fourth-order valence-electron chi connectivity index (χ4n) is 0.997. The van der Waals surface area contributed by atoms with Crippen LogP contribution in [0.3, 0.4) is 0 Å². The third-order valence-corrected chi connectivity index (χ3v) is 3.02. The minimum atomic E-state index is 0. The van der Waals surface area contributed by atoms with Crippen LogP contribution in [-0.4, -0.2) is 12.5 Å². The van der Waals surface area contributed by atoms with E-state index in [4.69, 9.17) is 0 Å². The molecule has 0 nitrogen and oxygen atoms in total. The molecule has 0 aliphatic heterocycles. The highest BCUT2D eigenvalue weighted by Crippen LogP contribution is 2.10. The highest BCUT2D eigenvalue weighted by molar-refractivity contribution is 7.95. The van der Waals surface area contributed by atoms with Gasteiger partial charge in [0.05, 0.1) is 0 Å². The first kappa shape index (κ1) is 11.6. The van der Waals surface area contributed by atoms with E-state index in [0.717, 1.165) is 6.42 Å². The molecule has 1 heteroatoms. The van der Waals surface area contributed by atoms with E-state index in [2.05, 4.69) is 43.7 Å². The van der Waals surface area contributed by atoms with Gasteiger partial charge in [-0.25, -0.2) is 0 Å². The van der Waals surface area contributed by atoms with Crippen molar-refractivity contribution in [1.82, 2.24) is 0 Å². The standard InChI is InChI=1S/C10H15S.CH4/c1-4-9-5-7-10(8-6-9)11(2)3;/h5-8H,4H2,1-3H3;1H4/q+1;. The van der Waals surface area contributed by atoms with Crippen molar-refractivity contribution in [2.75, 3.05) is 12.5 Å². The molecule has 0 heterocycles. The fourth-order valence-corrected chi connectivity index (χ4v) is 1.68. The van der Waals surface area contributed by atoms with Gasteiger partial charge in [-0.05, 0) is 24.1 Å². The summed E-state index contributed by atoms with van der Waals surface area (Å²) in [6, 6.07) is 8.93. The minimum Gasteiger partial charge on any atom is -0.0776 e. The summed E-state index contributed by atoms with van der Waals surface area (Å²) in [6.45, 7) is 2.19. The molecular weight excluding hydrogens is 164 g/mol. The molecule has 0 bridgehead atoms. The number of rotatable bonds is 2. The van der Waals surface area contributed by atoms with Crippen molar-refractivity contribution in [1.29, 1.82) is 0 Å². The van der Waals surface area contributed by atoms with Gasteiger partial charge < -0.3 is 0 Å². The maximum Gasteiger partial charge on any atom is 0.154 e. The lowest BCUT2D eigenvalue weighted by Crippen LogP contribution is -1.94. The summed E-state index contributed by atoms with van der Waals surface area (Å²) < 4.78 is 0. The zero-order valence-corrected chi connectivity index (χ0v) is 8.24. The van der Waals surface area contributed by atoms with Gasteiger partial charge in [0, 0.05) is 10.9 Å². The van der Waals surface area contributed by atoms with E-state index in [1.807, 2.05) is 0 Å². The highest BCUT2D eigenvalue weighted by atomic mass is 32.2. The zero-order valence-electron chi connectivity index (χ0n) is 7.42. The Bertz CT molecular complexity index is 211. The Morgan fingerprint density at radius 1 is 1.08 bits per heavy atom. The minimum absolute atomic E-state index is 0. The van der Waals surface area contributed by atoms with Gasteiger partial charge in [0.15, 0.2) is 4.90 Å². The van der Waals surface area contributed by atoms with Crippen molar-refractivity contribution in [3.05, 3.63) is 29.8 Å². The Labute approximate surface area is 79.4 Å². The second-order valence-electron chi connectivity index (χ2n) is 2.81. The van der Waals surface area contributed by atoms with Gasteiger partial charge in [-0.15, -0.1) is 0 Å². The highest BCUT2D eigenvalue weighted by Gasteiger charge is 2.05. The van der Waals surface area contributed by atoms with Gasteiger partial charge in [0.2, 0.25) is 0 Å². The number of aryl methyl sites for hydroxylation is 1. The topological polar surface area (TPSA) is 0 Å². The first-order chi connectivity index (χ1) is 5.24. The quantitative estimate of drug-likeness (QED) is 0.618. The van der Waals surface area contributed by atoms with Crippen molar-refractivity contribution >= 4 is 10.9 Å². The van der Waals surface area contributed by atoms with Crippen LogP contribution in [0, 0.1) is 0 Å². The molecule has 0 saturated carbocycles. The molecule has 0 aliphatic carbocycles. The molecule has 0 radical (unpaired) electrons. The van der Waals surface area contributed by atoms with Crippen LogP contribution < -0.4 is 0 Å². The Hall–Kier alpha value is -0.430. The fraction of sp³-hybridized carbons (Fsp3) is 0.455. The summed E-state index contributed by atoms with van der Waals surface area (Å²) in [5.41, 5.74) is 1.43. The lowest BCUT2D eigenvalue weighted by Gasteiger charge is -1.97. The van der Waals surface area contributed by atoms with Crippen molar-refractivity contribution in [2.45, 2.75) is 25.7 Å². The summed E-state index contributed by atoms with van der Waals surface area (Å²) in [4.78, 5) is 1.46. The van der Waals surface area contributed by atoms with Gasteiger partial charge in [-0.1, -0.05) is 26.5 Å². The zero-order chi connectivity index (χ0) is 8.27. The average molecular weight is 183 g/mol. The lowest BCUT2D eigenvalue weighted by molar-refractivity contribution is 1.13. The van der Waals surface area contributed by atoms with E-state index < -0.39 is 0 Å². The summed E-state index contributed by atoms with van der Waals surface area (Å²) in [5.74, 6) is 0. The second kappa shape index (κ2) is 5.26. The monoisotopic (exact) mass is 183 g/mol. The first-order valence-corrected chi connectivity index (χ1v) is 5.94. The average Bonchev–Trinajstić information content (AvgIpc) is 2.05. The van der Waals surface area contributed by atoms with E-state index in [1.165, 1.54) is 10.5 Å². The molecule has 1 aromatic rings. The van der Waals surface area contributed by atoms with Crippen LogP contribution in [0.15, 0.2) is 29.2 Å². The van der Waals surface area contributed by atoms with Crippen LogP contribution in [0.25, 0.3) is 0 Å². The Morgan fingerprint density at radius 3 is 1.92 bits per heavy atom. The van der Waals surface area contributed by atoms with Crippen LogP contribution in [0.2, 0.25) is 0 Å². The van der Waals surface area contributed by atoms with E-state index in [1.54, 1.807) is 0 Å². The van der Waals surface area contributed by atoms with Crippen LogP contribution in [-0.2, 0) is 17.3 Å². The third kappa shape index (κ3) is 2.90. The van der Waals surface area contributed by atoms with Crippen molar-refractivity contribution in [3.63, 3.8) is 0 Å². The largest absolute Gasteiger partial charge is 0.154 e. The Kier molecular flexibility index (Phi) is 5.07. The van der Waals surface area contributed by atoms with Crippen LogP contribution in [0.1, 0.15) is 19.9 Å². The van der Waals surface area contributed by atoms with Gasteiger partial charge in [-0.2, -0.15) is 0 Å².